The van der Waals surface area contributed by atoms with Gasteiger partial charge in [-0.05, 0) is 12.3 Å². The average molecular weight is 244 g/mol. The fraction of sp³-hybridized carbons (Fsp3) is 0.818. The maximum atomic E-state index is 11.5. The molecule has 0 aliphatic carbocycles. The Morgan fingerprint density at radius 1 is 1.65 bits per heavy atom. The second-order valence-electron chi connectivity index (χ2n) is 4.75. The van der Waals surface area contributed by atoms with E-state index in [1.807, 2.05) is 13.8 Å². The third-order valence-corrected chi connectivity index (χ3v) is 2.50. The number of nitrogens with zero attached hydrogens (tertiary/aromatic N) is 1. The van der Waals surface area contributed by atoms with Gasteiger partial charge in [0.15, 0.2) is 6.10 Å². The number of hydrogen-bond acceptors (Lipinski definition) is 5. The summed E-state index contributed by atoms with van der Waals surface area (Å²) in [6.45, 7) is 4.48. The van der Waals surface area contributed by atoms with Crippen LogP contribution in [0.3, 0.4) is 0 Å². The number of carbonyl (C=O) groups excluding carboxylic acids is 2. The zero-order chi connectivity index (χ0) is 13.0. The quantitative estimate of drug-likeness (QED) is 0.706. The summed E-state index contributed by atoms with van der Waals surface area (Å²) in [7, 11) is 1.63. The molecule has 0 aromatic rings. The number of amides is 1. The third kappa shape index (κ3) is 4.22. The van der Waals surface area contributed by atoms with Crippen LogP contribution >= 0.6 is 0 Å². The first-order valence-corrected chi connectivity index (χ1v) is 5.74. The van der Waals surface area contributed by atoms with Gasteiger partial charge in [-0.15, -0.1) is 0 Å². The predicted molar refractivity (Wildman–Crippen MR) is 61.3 cm³/mol. The van der Waals surface area contributed by atoms with Gasteiger partial charge in [0.25, 0.3) is 0 Å². The van der Waals surface area contributed by atoms with Crippen LogP contribution in [-0.2, 0) is 14.3 Å². The zero-order valence-electron chi connectivity index (χ0n) is 10.5. The highest BCUT2D eigenvalue weighted by Gasteiger charge is 2.29. The second-order valence-corrected chi connectivity index (χ2v) is 4.75. The van der Waals surface area contributed by atoms with Crippen molar-refractivity contribution in [2.75, 3.05) is 20.2 Å². The lowest BCUT2D eigenvalue weighted by Crippen LogP contribution is -2.35. The molecule has 0 unspecified atom stereocenters. The van der Waals surface area contributed by atoms with Gasteiger partial charge in [0.1, 0.15) is 12.6 Å². The Bertz CT molecular complexity index is 293. The molecule has 1 fully saturated rings. The average Bonchev–Trinajstić information content (AvgIpc) is 2.54. The standard InChI is InChI=1S/C11H20N2O4/c1-7(2)4-9(12)10(14)16-6-8-5-13(3)11(15)17-8/h7-9H,4-6,12H2,1-3H3/t8-,9+/m1/s1. The summed E-state index contributed by atoms with van der Waals surface area (Å²) in [6, 6.07) is -0.607. The zero-order valence-corrected chi connectivity index (χ0v) is 10.5. The van der Waals surface area contributed by atoms with Crippen molar-refractivity contribution in [3.8, 4) is 0 Å². The van der Waals surface area contributed by atoms with Crippen LogP contribution < -0.4 is 5.73 Å². The lowest BCUT2D eigenvalue weighted by Gasteiger charge is -2.14. The molecule has 2 N–H and O–H groups in total. The molecule has 2 atom stereocenters. The number of hydrogen-bond donors (Lipinski definition) is 1. The Kier molecular flexibility index (Phi) is 4.74. The predicted octanol–water partition coefficient (Wildman–Crippen LogP) is 0.354. The van der Waals surface area contributed by atoms with Crippen molar-refractivity contribution < 1.29 is 19.1 Å². The van der Waals surface area contributed by atoms with Crippen molar-refractivity contribution in [3.05, 3.63) is 0 Å². The minimum absolute atomic E-state index is 0.0701. The van der Waals surface area contributed by atoms with Gasteiger partial charge in [0.05, 0.1) is 6.54 Å². The van der Waals surface area contributed by atoms with Gasteiger partial charge in [-0.1, -0.05) is 13.8 Å². The molecule has 0 aromatic heterocycles. The number of esters is 1. The summed E-state index contributed by atoms with van der Waals surface area (Å²) in [6.07, 6.45) is -0.191. The molecule has 0 aromatic carbocycles. The fourth-order valence-electron chi connectivity index (χ4n) is 1.62. The van der Waals surface area contributed by atoms with E-state index in [0.717, 1.165) is 0 Å². The monoisotopic (exact) mass is 244 g/mol. The first-order valence-electron chi connectivity index (χ1n) is 5.74. The Balaban J connectivity index is 2.27. The van der Waals surface area contributed by atoms with Crippen LogP contribution in [0.25, 0.3) is 0 Å². The van der Waals surface area contributed by atoms with Gasteiger partial charge in [0, 0.05) is 7.05 Å². The highest BCUT2D eigenvalue weighted by molar-refractivity contribution is 5.75. The Hall–Kier alpha value is -1.30. The van der Waals surface area contributed by atoms with Gasteiger partial charge in [-0.3, -0.25) is 4.79 Å². The number of likely N-dealkylation sites (N-methyl/N-ethyl adjacent to an activating group) is 1. The second kappa shape index (κ2) is 5.86. The molecule has 1 aliphatic rings. The maximum absolute atomic E-state index is 11.5. The Morgan fingerprint density at radius 3 is 2.76 bits per heavy atom. The van der Waals surface area contributed by atoms with E-state index in [4.69, 9.17) is 15.2 Å². The molecule has 1 rings (SSSR count). The van der Waals surface area contributed by atoms with Crippen molar-refractivity contribution in [1.29, 1.82) is 0 Å². The molecule has 17 heavy (non-hydrogen) atoms. The van der Waals surface area contributed by atoms with Gasteiger partial charge in [-0.2, -0.15) is 0 Å². The molecular formula is C11H20N2O4. The van der Waals surface area contributed by atoms with E-state index in [9.17, 15) is 9.59 Å². The van der Waals surface area contributed by atoms with E-state index in [0.29, 0.717) is 18.9 Å². The topological polar surface area (TPSA) is 81.9 Å². The summed E-state index contributed by atoms with van der Waals surface area (Å²) in [4.78, 5) is 24.0. The summed E-state index contributed by atoms with van der Waals surface area (Å²) in [5.74, 6) is -0.0997. The van der Waals surface area contributed by atoms with Crippen LogP contribution in [0.5, 0.6) is 0 Å². The van der Waals surface area contributed by atoms with Crippen LogP contribution in [0.15, 0.2) is 0 Å². The van der Waals surface area contributed by atoms with Crippen molar-refractivity contribution in [3.63, 3.8) is 0 Å². The molecule has 1 amide bonds. The molecule has 1 saturated heterocycles. The fourth-order valence-corrected chi connectivity index (χ4v) is 1.62. The van der Waals surface area contributed by atoms with Gasteiger partial charge in [0.2, 0.25) is 0 Å². The van der Waals surface area contributed by atoms with Crippen molar-refractivity contribution >= 4 is 12.1 Å². The van der Waals surface area contributed by atoms with Crippen LogP contribution in [0.4, 0.5) is 4.79 Å². The van der Waals surface area contributed by atoms with Crippen molar-refractivity contribution in [1.82, 2.24) is 4.90 Å². The van der Waals surface area contributed by atoms with Crippen LogP contribution in [-0.4, -0.2) is 49.3 Å². The Morgan fingerprint density at radius 2 is 2.29 bits per heavy atom. The molecule has 0 radical (unpaired) electrons. The van der Waals surface area contributed by atoms with Gasteiger partial charge in [-0.25, -0.2) is 4.79 Å². The van der Waals surface area contributed by atoms with Crippen LogP contribution in [0.2, 0.25) is 0 Å². The smallest absolute Gasteiger partial charge is 0.410 e. The maximum Gasteiger partial charge on any atom is 0.410 e. The molecule has 0 spiro atoms. The summed E-state index contributed by atoms with van der Waals surface area (Å²) in [5.41, 5.74) is 5.66. The Labute approximate surface area is 101 Å². The SMILES string of the molecule is CC(C)C[C@H](N)C(=O)OC[C@H]1CN(C)C(=O)O1. The van der Waals surface area contributed by atoms with E-state index < -0.39 is 18.1 Å². The van der Waals surface area contributed by atoms with Gasteiger partial charge < -0.3 is 20.1 Å². The lowest BCUT2D eigenvalue weighted by atomic mass is 10.1. The largest absolute Gasteiger partial charge is 0.461 e. The third-order valence-electron chi connectivity index (χ3n) is 2.50. The molecule has 1 aliphatic heterocycles. The minimum Gasteiger partial charge on any atom is -0.461 e. The molecule has 0 bridgehead atoms. The van der Waals surface area contributed by atoms with E-state index in [-0.39, 0.29) is 12.7 Å². The summed E-state index contributed by atoms with van der Waals surface area (Å²) < 4.78 is 9.97. The number of rotatable bonds is 5. The van der Waals surface area contributed by atoms with Crippen LogP contribution in [0.1, 0.15) is 20.3 Å². The van der Waals surface area contributed by atoms with E-state index in [2.05, 4.69) is 0 Å². The molecular weight excluding hydrogens is 224 g/mol. The highest BCUT2D eigenvalue weighted by atomic mass is 16.6. The minimum atomic E-state index is -0.607. The normalized spacial score (nSPS) is 21.6. The molecule has 6 heteroatoms. The molecule has 1 heterocycles. The molecule has 0 saturated carbocycles. The van der Waals surface area contributed by atoms with Crippen molar-refractivity contribution in [2.45, 2.75) is 32.4 Å². The van der Waals surface area contributed by atoms with Gasteiger partial charge >= 0.3 is 12.1 Å². The van der Waals surface area contributed by atoms with E-state index in [1.54, 1.807) is 7.05 Å². The summed E-state index contributed by atoms with van der Waals surface area (Å²) in [5, 5.41) is 0. The first-order chi connectivity index (χ1) is 7.90. The molecule has 98 valence electrons. The number of nitrogens with two attached hydrogens (primary N) is 1. The van der Waals surface area contributed by atoms with Crippen LogP contribution in [0, 0.1) is 5.92 Å². The summed E-state index contributed by atoms with van der Waals surface area (Å²) >= 11 is 0. The molecule has 6 nitrogen and oxygen atoms in total. The lowest BCUT2D eigenvalue weighted by molar-refractivity contribution is -0.148. The van der Waals surface area contributed by atoms with Crippen molar-refractivity contribution in [2.24, 2.45) is 11.7 Å². The number of cyclic esters (lactones) is 1. The first kappa shape index (κ1) is 13.8. The van der Waals surface area contributed by atoms with E-state index >= 15 is 0 Å². The number of ether oxygens (including phenoxy) is 2. The highest BCUT2D eigenvalue weighted by Crippen LogP contribution is 2.10. The number of carbonyl (C=O) groups is 2. The van der Waals surface area contributed by atoms with E-state index in [1.165, 1.54) is 4.90 Å².